The van der Waals surface area contributed by atoms with E-state index in [0.29, 0.717) is 11.6 Å². The third-order valence-electron chi connectivity index (χ3n) is 4.73. The van der Waals surface area contributed by atoms with Gasteiger partial charge in [-0.25, -0.2) is 9.97 Å². The Morgan fingerprint density at radius 3 is 2.31 bits per heavy atom. The molecule has 150 valence electrons. The summed E-state index contributed by atoms with van der Waals surface area (Å²) in [4.78, 5) is 23.8. The maximum absolute atomic E-state index is 12.7. The van der Waals surface area contributed by atoms with Crippen LogP contribution in [-0.2, 0) is 0 Å². The zero-order valence-electron chi connectivity index (χ0n) is 17.4. The number of benzene rings is 2. The second-order valence-electron chi connectivity index (χ2n) is 6.83. The molecule has 1 aromatic heterocycles. The van der Waals surface area contributed by atoms with E-state index in [1.165, 1.54) is 5.69 Å². The van der Waals surface area contributed by atoms with Crippen LogP contribution in [-0.4, -0.2) is 29.0 Å². The summed E-state index contributed by atoms with van der Waals surface area (Å²) in [6.07, 6.45) is 0. The van der Waals surface area contributed by atoms with E-state index < -0.39 is 0 Å². The standard InChI is InChI=1S/C23H27N5O/c1-5-28(6-2)19-13-11-18(12-14-19)25-23-24-17(4)15-21(27-23)22(29)26-20-10-8-7-9-16(20)3/h7-15H,5-6H2,1-4H3,(H,26,29)(H,24,25,27). The molecule has 0 spiro atoms. The number of carbonyl (C=O) groups excluding carboxylic acids is 1. The van der Waals surface area contributed by atoms with Gasteiger partial charge in [-0.05, 0) is 69.7 Å². The molecule has 6 heteroatoms. The molecule has 6 nitrogen and oxygen atoms in total. The van der Waals surface area contributed by atoms with E-state index in [9.17, 15) is 4.79 Å². The van der Waals surface area contributed by atoms with E-state index in [-0.39, 0.29) is 5.91 Å². The van der Waals surface area contributed by atoms with Crippen molar-refractivity contribution in [1.82, 2.24) is 9.97 Å². The highest BCUT2D eigenvalue weighted by molar-refractivity contribution is 6.03. The molecule has 2 N–H and O–H groups in total. The fourth-order valence-electron chi connectivity index (χ4n) is 3.11. The normalized spacial score (nSPS) is 10.5. The number of rotatable bonds is 7. The fourth-order valence-corrected chi connectivity index (χ4v) is 3.11. The van der Waals surface area contributed by atoms with Crippen molar-refractivity contribution in [2.75, 3.05) is 28.6 Å². The van der Waals surface area contributed by atoms with Gasteiger partial charge in [-0.2, -0.15) is 0 Å². The first-order valence-corrected chi connectivity index (χ1v) is 9.84. The Morgan fingerprint density at radius 2 is 1.66 bits per heavy atom. The Balaban J connectivity index is 1.77. The number of carbonyl (C=O) groups is 1. The van der Waals surface area contributed by atoms with Crippen LogP contribution >= 0.6 is 0 Å². The highest BCUT2D eigenvalue weighted by Gasteiger charge is 2.12. The second-order valence-corrected chi connectivity index (χ2v) is 6.83. The van der Waals surface area contributed by atoms with Crippen LogP contribution in [0.15, 0.2) is 54.6 Å². The lowest BCUT2D eigenvalue weighted by Crippen LogP contribution is -2.21. The number of aryl methyl sites for hydroxylation is 2. The van der Waals surface area contributed by atoms with E-state index >= 15 is 0 Å². The van der Waals surface area contributed by atoms with Crippen molar-refractivity contribution in [3.8, 4) is 0 Å². The minimum absolute atomic E-state index is 0.260. The van der Waals surface area contributed by atoms with Crippen molar-refractivity contribution in [2.24, 2.45) is 0 Å². The van der Waals surface area contributed by atoms with Crippen LogP contribution in [0.4, 0.5) is 23.0 Å². The minimum Gasteiger partial charge on any atom is -0.372 e. The van der Waals surface area contributed by atoms with Crippen LogP contribution in [0.25, 0.3) is 0 Å². The molecule has 0 bridgehead atoms. The summed E-state index contributed by atoms with van der Waals surface area (Å²) < 4.78 is 0. The zero-order chi connectivity index (χ0) is 20.8. The molecule has 0 saturated carbocycles. The number of anilines is 4. The molecule has 2 aromatic carbocycles. The third kappa shape index (κ3) is 5.10. The summed E-state index contributed by atoms with van der Waals surface area (Å²) in [7, 11) is 0. The van der Waals surface area contributed by atoms with Gasteiger partial charge in [0.05, 0.1) is 0 Å². The van der Waals surface area contributed by atoms with E-state index in [1.54, 1.807) is 6.07 Å². The quantitative estimate of drug-likeness (QED) is 0.599. The highest BCUT2D eigenvalue weighted by Crippen LogP contribution is 2.20. The molecule has 3 rings (SSSR count). The van der Waals surface area contributed by atoms with Crippen molar-refractivity contribution in [3.05, 3.63) is 71.5 Å². The Hall–Kier alpha value is -3.41. The molecule has 0 aliphatic rings. The molecule has 1 heterocycles. The summed E-state index contributed by atoms with van der Waals surface area (Å²) in [6, 6.07) is 17.5. The molecule has 1 amide bonds. The molecule has 0 fully saturated rings. The summed E-state index contributed by atoms with van der Waals surface area (Å²) in [6.45, 7) is 10.0. The Kier molecular flexibility index (Phi) is 6.44. The van der Waals surface area contributed by atoms with E-state index in [1.807, 2.05) is 50.2 Å². The van der Waals surface area contributed by atoms with Gasteiger partial charge in [-0.3, -0.25) is 4.79 Å². The second kappa shape index (κ2) is 9.19. The van der Waals surface area contributed by atoms with Crippen molar-refractivity contribution < 1.29 is 4.79 Å². The Bertz CT molecular complexity index is 981. The highest BCUT2D eigenvalue weighted by atomic mass is 16.1. The summed E-state index contributed by atoms with van der Waals surface area (Å²) in [5, 5.41) is 6.11. The number of hydrogen-bond acceptors (Lipinski definition) is 5. The lowest BCUT2D eigenvalue weighted by atomic mass is 10.2. The molecule has 0 radical (unpaired) electrons. The van der Waals surface area contributed by atoms with Gasteiger partial charge in [-0.15, -0.1) is 0 Å². The van der Waals surface area contributed by atoms with Crippen LogP contribution in [0.2, 0.25) is 0 Å². The molecule has 0 aliphatic carbocycles. The molecular formula is C23H27N5O. The van der Waals surface area contributed by atoms with Crippen molar-refractivity contribution >= 4 is 28.9 Å². The van der Waals surface area contributed by atoms with Gasteiger partial charge in [0.25, 0.3) is 5.91 Å². The van der Waals surface area contributed by atoms with Gasteiger partial charge in [0.2, 0.25) is 5.95 Å². The van der Waals surface area contributed by atoms with Crippen molar-refractivity contribution in [1.29, 1.82) is 0 Å². The van der Waals surface area contributed by atoms with Gasteiger partial charge in [0, 0.05) is 35.8 Å². The van der Waals surface area contributed by atoms with Crippen LogP contribution in [0, 0.1) is 13.8 Å². The first-order chi connectivity index (χ1) is 14.0. The maximum Gasteiger partial charge on any atom is 0.274 e. The smallest absolute Gasteiger partial charge is 0.274 e. The van der Waals surface area contributed by atoms with E-state index in [2.05, 4.69) is 51.5 Å². The summed E-state index contributed by atoms with van der Waals surface area (Å²) in [5.41, 5.74) is 4.86. The number of nitrogens with one attached hydrogen (secondary N) is 2. The molecular weight excluding hydrogens is 362 g/mol. The van der Waals surface area contributed by atoms with Gasteiger partial charge in [-0.1, -0.05) is 18.2 Å². The molecule has 0 saturated heterocycles. The van der Waals surface area contributed by atoms with E-state index in [0.717, 1.165) is 35.7 Å². The van der Waals surface area contributed by atoms with Crippen LogP contribution in [0.1, 0.15) is 35.6 Å². The summed E-state index contributed by atoms with van der Waals surface area (Å²) in [5.74, 6) is 0.139. The monoisotopic (exact) mass is 389 g/mol. The molecule has 0 atom stereocenters. The Morgan fingerprint density at radius 1 is 0.966 bits per heavy atom. The Labute approximate surface area is 172 Å². The predicted octanol–water partition coefficient (Wildman–Crippen LogP) is 4.94. The number of amides is 1. The van der Waals surface area contributed by atoms with Gasteiger partial charge < -0.3 is 15.5 Å². The first kappa shape index (κ1) is 20.3. The number of hydrogen-bond donors (Lipinski definition) is 2. The fraction of sp³-hybridized carbons (Fsp3) is 0.261. The lowest BCUT2D eigenvalue weighted by molar-refractivity contribution is 0.102. The van der Waals surface area contributed by atoms with Gasteiger partial charge >= 0.3 is 0 Å². The number of nitrogens with zero attached hydrogens (tertiary/aromatic N) is 3. The molecule has 0 unspecified atom stereocenters. The molecule has 0 aliphatic heterocycles. The third-order valence-corrected chi connectivity index (χ3v) is 4.73. The largest absolute Gasteiger partial charge is 0.372 e. The topological polar surface area (TPSA) is 70.2 Å². The van der Waals surface area contributed by atoms with Crippen LogP contribution in [0.3, 0.4) is 0 Å². The lowest BCUT2D eigenvalue weighted by Gasteiger charge is -2.21. The van der Waals surface area contributed by atoms with Crippen molar-refractivity contribution in [3.63, 3.8) is 0 Å². The number of para-hydroxylation sites is 1. The van der Waals surface area contributed by atoms with Gasteiger partial charge in [0.1, 0.15) is 5.69 Å². The van der Waals surface area contributed by atoms with Crippen LogP contribution in [0.5, 0.6) is 0 Å². The maximum atomic E-state index is 12.7. The summed E-state index contributed by atoms with van der Waals surface area (Å²) >= 11 is 0. The van der Waals surface area contributed by atoms with Gasteiger partial charge in [0.15, 0.2) is 0 Å². The average Bonchev–Trinajstić information content (AvgIpc) is 2.71. The minimum atomic E-state index is -0.260. The molecule has 29 heavy (non-hydrogen) atoms. The predicted molar refractivity (Wildman–Crippen MR) is 119 cm³/mol. The molecule has 3 aromatic rings. The number of aromatic nitrogens is 2. The van der Waals surface area contributed by atoms with E-state index in [4.69, 9.17) is 0 Å². The SMILES string of the molecule is CCN(CC)c1ccc(Nc2nc(C)cc(C(=O)Nc3ccccc3C)n2)cc1. The zero-order valence-corrected chi connectivity index (χ0v) is 17.4. The van der Waals surface area contributed by atoms with Crippen LogP contribution < -0.4 is 15.5 Å². The van der Waals surface area contributed by atoms with Crippen molar-refractivity contribution in [2.45, 2.75) is 27.7 Å². The first-order valence-electron chi connectivity index (χ1n) is 9.84. The average molecular weight is 390 g/mol.